The highest BCUT2D eigenvalue weighted by molar-refractivity contribution is 6.38. The molecule has 0 amide bonds. The number of fused-ring (bicyclic) bond motifs is 5. The second kappa shape index (κ2) is 10.4. The standard InChI is InChI=1S/C34H32ClF2N5O2/c1-2-24-28(37)9-4-19-12-23(43)13-27(29(19)24)25-7-8-26-31(30(25)35)39-33(40-32(26)41-16-21-5-6-22(17-41)38-21)44-18-34-10-3-11-42(34)15-20(36)14-34/h1,4,7-9,12-13,20-22,38,43H,3,5-6,10-11,14-18H2/t20-,21?,22?,34+/m1/s1. The van der Waals surface area contributed by atoms with Crippen molar-refractivity contribution in [2.45, 2.75) is 55.9 Å². The number of halogens is 3. The van der Waals surface area contributed by atoms with E-state index in [1.54, 1.807) is 18.2 Å². The molecule has 0 aliphatic carbocycles. The van der Waals surface area contributed by atoms with Crippen LogP contribution in [0.1, 0.15) is 37.7 Å². The first kappa shape index (κ1) is 27.8. The number of nitrogens with one attached hydrogen (secondary N) is 1. The van der Waals surface area contributed by atoms with E-state index >= 15 is 0 Å². The fraction of sp³-hybridized carbons (Fsp3) is 0.412. The van der Waals surface area contributed by atoms with Crippen molar-refractivity contribution in [3.05, 3.63) is 52.8 Å². The third kappa shape index (κ3) is 4.46. The van der Waals surface area contributed by atoms with E-state index in [4.69, 9.17) is 32.7 Å². The molecule has 2 N–H and O–H groups in total. The summed E-state index contributed by atoms with van der Waals surface area (Å²) in [5.41, 5.74) is 1.28. The second-order valence-corrected chi connectivity index (χ2v) is 13.1. The number of alkyl halides is 1. The average molecular weight is 616 g/mol. The van der Waals surface area contributed by atoms with Crippen molar-refractivity contribution in [3.8, 4) is 35.2 Å². The van der Waals surface area contributed by atoms with Crippen LogP contribution in [0.4, 0.5) is 14.6 Å². The number of aromatic nitrogens is 2. The van der Waals surface area contributed by atoms with Crippen molar-refractivity contribution in [1.29, 1.82) is 0 Å². The van der Waals surface area contributed by atoms with Gasteiger partial charge >= 0.3 is 6.01 Å². The second-order valence-electron chi connectivity index (χ2n) is 12.7. The number of rotatable bonds is 5. The molecule has 4 saturated heterocycles. The maximum atomic E-state index is 14.9. The van der Waals surface area contributed by atoms with Crippen LogP contribution in [-0.4, -0.2) is 76.6 Å². The Morgan fingerprint density at radius 3 is 2.73 bits per heavy atom. The Morgan fingerprint density at radius 2 is 1.93 bits per heavy atom. The molecule has 4 fully saturated rings. The zero-order valence-electron chi connectivity index (χ0n) is 24.1. The Morgan fingerprint density at radius 1 is 1.11 bits per heavy atom. The summed E-state index contributed by atoms with van der Waals surface area (Å²) in [6.07, 6.45) is 9.43. The summed E-state index contributed by atoms with van der Waals surface area (Å²) < 4.78 is 35.7. The van der Waals surface area contributed by atoms with Crippen molar-refractivity contribution in [2.75, 3.05) is 37.7 Å². The molecular weight excluding hydrogens is 584 g/mol. The summed E-state index contributed by atoms with van der Waals surface area (Å²) in [7, 11) is 0. The lowest BCUT2D eigenvalue weighted by atomic mass is 9.93. The molecule has 44 heavy (non-hydrogen) atoms. The summed E-state index contributed by atoms with van der Waals surface area (Å²) in [4.78, 5) is 14.2. The number of ether oxygens (including phenoxy) is 1. The Labute approximate surface area is 259 Å². The minimum absolute atomic E-state index is 0.00467. The highest BCUT2D eigenvalue weighted by Crippen LogP contribution is 2.44. The van der Waals surface area contributed by atoms with Gasteiger partial charge in [0.1, 0.15) is 30.2 Å². The van der Waals surface area contributed by atoms with Crippen LogP contribution in [0, 0.1) is 18.2 Å². The van der Waals surface area contributed by atoms with E-state index in [9.17, 15) is 13.9 Å². The topological polar surface area (TPSA) is 73.8 Å². The van der Waals surface area contributed by atoms with Gasteiger partial charge in [-0.3, -0.25) is 4.90 Å². The number of phenols is 1. The summed E-state index contributed by atoms with van der Waals surface area (Å²) in [5, 5.41) is 16.4. The summed E-state index contributed by atoms with van der Waals surface area (Å²) in [5.74, 6) is 2.69. The molecule has 0 radical (unpaired) electrons. The quantitative estimate of drug-likeness (QED) is 0.274. The molecule has 226 valence electrons. The van der Waals surface area contributed by atoms with Gasteiger partial charge in [0.2, 0.25) is 0 Å². The van der Waals surface area contributed by atoms with E-state index in [-0.39, 0.29) is 22.9 Å². The molecule has 1 aromatic heterocycles. The molecule has 4 aliphatic rings. The molecule has 7 nitrogen and oxygen atoms in total. The van der Waals surface area contributed by atoms with Gasteiger partial charge in [0, 0.05) is 54.5 Å². The maximum absolute atomic E-state index is 14.9. The van der Waals surface area contributed by atoms with Crippen molar-refractivity contribution in [3.63, 3.8) is 0 Å². The molecule has 3 aromatic carbocycles. The number of aromatic hydroxyl groups is 1. The van der Waals surface area contributed by atoms with Gasteiger partial charge in [0.05, 0.1) is 21.6 Å². The number of hydrogen-bond acceptors (Lipinski definition) is 7. The lowest BCUT2D eigenvalue weighted by molar-refractivity contribution is 0.107. The summed E-state index contributed by atoms with van der Waals surface area (Å²) in [6.45, 7) is 3.19. The first-order chi connectivity index (χ1) is 21.3. The SMILES string of the molecule is C#Cc1c(F)ccc2cc(O)cc(-c3ccc4c(N5CC6CCC(C5)N6)nc(OC[C@@]56CCCN5C[C@H](F)C6)nc4c3Cl)c12. The predicted molar refractivity (Wildman–Crippen MR) is 168 cm³/mol. The Hall–Kier alpha value is -3.71. The molecule has 10 heteroatoms. The first-order valence-corrected chi connectivity index (χ1v) is 15.6. The number of phenolic OH excluding ortho intramolecular Hbond substituents is 1. The van der Waals surface area contributed by atoms with Gasteiger partial charge in [-0.25, -0.2) is 8.78 Å². The minimum Gasteiger partial charge on any atom is -0.508 e. The fourth-order valence-corrected chi connectivity index (χ4v) is 8.34. The van der Waals surface area contributed by atoms with Crippen LogP contribution in [0.25, 0.3) is 32.8 Å². The van der Waals surface area contributed by atoms with E-state index in [0.29, 0.717) is 64.1 Å². The molecule has 5 heterocycles. The van der Waals surface area contributed by atoms with Gasteiger partial charge in [0.15, 0.2) is 0 Å². The Kier molecular flexibility index (Phi) is 6.60. The molecule has 4 atom stereocenters. The average Bonchev–Trinajstić information content (AvgIpc) is 3.66. The normalized spacial score (nSPS) is 26.4. The van der Waals surface area contributed by atoms with Gasteiger partial charge in [-0.2, -0.15) is 9.97 Å². The molecule has 2 bridgehead atoms. The lowest BCUT2D eigenvalue weighted by Gasteiger charge is -2.34. The van der Waals surface area contributed by atoms with E-state index in [1.165, 1.54) is 6.07 Å². The van der Waals surface area contributed by atoms with Crippen molar-refractivity contribution < 1.29 is 18.6 Å². The van der Waals surface area contributed by atoms with Gasteiger partial charge in [0.25, 0.3) is 0 Å². The highest BCUT2D eigenvalue weighted by atomic mass is 35.5. The van der Waals surface area contributed by atoms with Crippen molar-refractivity contribution in [2.24, 2.45) is 0 Å². The van der Waals surface area contributed by atoms with Crippen LogP contribution in [0.15, 0.2) is 36.4 Å². The first-order valence-electron chi connectivity index (χ1n) is 15.3. The van der Waals surface area contributed by atoms with E-state index in [1.807, 2.05) is 12.1 Å². The van der Waals surface area contributed by atoms with Crippen LogP contribution in [0.3, 0.4) is 0 Å². The minimum atomic E-state index is -0.866. The largest absolute Gasteiger partial charge is 0.508 e. The van der Waals surface area contributed by atoms with Gasteiger partial charge < -0.3 is 20.1 Å². The summed E-state index contributed by atoms with van der Waals surface area (Å²) >= 11 is 7.19. The van der Waals surface area contributed by atoms with Gasteiger partial charge in [-0.05, 0) is 67.4 Å². The van der Waals surface area contributed by atoms with Gasteiger partial charge in [-0.1, -0.05) is 29.7 Å². The van der Waals surface area contributed by atoms with Crippen LogP contribution < -0.4 is 15.0 Å². The van der Waals surface area contributed by atoms with E-state index in [2.05, 4.69) is 21.0 Å². The van der Waals surface area contributed by atoms with E-state index < -0.39 is 12.0 Å². The third-order valence-electron chi connectivity index (χ3n) is 10.00. The molecule has 8 rings (SSSR count). The molecule has 4 aromatic rings. The lowest BCUT2D eigenvalue weighted by Crippen LogP contribution is -2.51. The van der Waals surface area contributed by atoms with Crippen LogP contribution in [-0.2, 0) is 0 Å². The molecular formula is C34H32ClF2N5O2. The number of nitrogens with zero attached hydrogens (tertiary/aromatic N) is 4. The highest BCUT2D eigenvalue weighted by Gasteiger charge is 2.49. The number of piperazine rings is 1. The maximum Gasteiger partial charge on any atom is 0.319 e. The molecule has 0 saturated carbocycles. The Balaban J connectivity index is 1.28. The molecule has 2 unspecified atom stereocenters. The number of anilines is 1. The third-order valence-corrected chi connectivity index (χ3v) is 10.4. The predicted octanol–water partition coefficient (Wildman–Crippen LogP) is 5.83. The zero-order valence-corrected chi connectivity index (χ0v) is 24.9. The number of terminal acetylenes is 1. The van der Waals surface area contributed by atoms with Crippen LogP contribution in [0.5, 0.6) is 11.8 Å². The fourth-order valence-electron chi connectivity index (χ4n) is 8.04. The zero-order chi connectivity index (χ0) is 30.2. The van der Waals surface area contributed by atoms with Gasteiger partial charge in [-0.15, -0.1) is 6.42 Å². The number of hydrogen-bond donors (Lipinski definition) is 2. The number of benzene rings is 3. The smallest absolute Gasteiger partial charge is 0.319 e. The van der Waals surface area contributed by atoms with Crippen molar-refractivity contribution in [1.82, 2.24) is 20.2 Å². The molecule has 4 aliphatic heterocycles. The monoisotopic (exact) mass is 615 g/mol. The van der Waals surface area contributed by atoms with E-state index in [0.717, 1.165) is 56.5 Å². The molecule has 0 spiro atoms. The summed E-state index contributed by atoms with van der Waals surface area (Å²) in [6, 6.07) is 10.7. The van der Waals surface area contributed by atoms with Crippen molar-refractivity contribution >= 4 is 39.1 Å². The van der Waals surface area contributed by atoms with Crippen LogP contribution >= 0.6 is 11.6 Å². The van der Waals surface area contributed by atoms with Crippen LogP contribution in [0.2, 0.25) is 5.02 Å². The Bertz CT molecular complexity index is 1850.